The van der Waals surface area contributed by atoms with E-state index in [0.29, 0.717) is 11.5 Å². The van der Waals surface area contributed by atoms with Gasteiger partial charge in [0.15, 0.2) is 0 Å². The Morgan fingerprint density at radius 3 is 2.56 bits per heavy atom. The summed E-state index contributed by atoms with van der Waals surface area (Å²) in [6.45, 7) is 7.46. The zero-order chi connectivity index (χ0) is 20.0. The Bertz CT molecular complexity index is 860. The van der Waals surface area contributed by atoms with Crippen LogP contribution in [0.1, 0.15) is 41.4 Å². The number of halogens is 3. The van der Waals surface area contributed by atoms with Crippen molar-refractivity contribution in [2.24, 2.45) is 4.99 Å². The lowest BCUT2D eigenvalue weighted by atomic mass is 10.1. The van der Waals surface area contributed by atoms with Crippen LogP contribution in [0.3, 0.4) is 0 Å². The fraction of sp³-hybridized carbons (Fsp3) is 0.200. The van der Waals surface area contributed by atoms with Crippen LogP contribution in [0.25, 0.3) is 0 Å². The fourth-order valence-corrected chi connectivity index (χ4v) is 2.45. The standard InChI is InChI=1S/C20H20F3N3O/c1-4-24-14(3)25-13(2)15-7-6-10-18(12-15)26-19(27)16-8-5-9-17(11-16)20(21,22)23/h4-13,25H,3H2,1-2H3,(H,26,27)/b24-4-. The van der Waals surface area contributed by atoms with Gasteiger partial charge < -0.3 is 10.6 Å². The number of alkyl halides is 3. The average molecular weight is 375 g/mol. The summed E-state index contributed by atoms with van der Waals surface area (Å²) in [6, 6.07) is 11.2. The lowest BCUT2D eigenvalue weighted by Gasteiger charge is -2.16. The lowest BCUT2D eigenvalue weighted by molar-refractivity contribution is -0.137. The molecule has 0 aromatic heterocycles. The molecule has 0 saturated heterocycles. The molecular formula is C20H20F3N3O. The van der Waals surface area contributed by atoms with Crippen molar-refractivity contribution in [3.05, 3.63) is 77.6 Å². The van der Waals surface area contributed by atoms with Crippen molar-refractivity contribution >= 4 is 17.8 Å². The molecule has 0 radical (unpaired) electrons. The number of carbonyl (C=O) groups is 1. The van der Waals surface area contributed by atoms with Gasteiger partial charge >= 0.3 is 6.18 Å². The summed E-state index contributed by atoms with van der Waals surface area (Å²) in [5.41, 5.74) is 0.418. The van der Waals surface area contributed by atoms with Gasteiger partial charge in [0, 0.05) is 23.5 Å². The Morgan fingerprint density at radius 2 is 1.89 bits per heavy atom. The third-order valence-corrected chi connectivity index (χ3v) is 3.76. The van der Waals surface area contributed by atoms with E-state index in [2.05, 4.69) is 22.2 Å². The monoisotopic (exact) mass is 375 g/mol. The molecule has 7 heteroatoms. The first-order chi connectivity index (χ1) is 12.7. The van der Waals surface area contributed by atoms with Gasteiger partial charge in [0.05, 0.1) is 5.56 Å². The Balaban J connectivity index is 2.14. The number of carbonyl (C=O) groups excluding carboxylic acids is 1. The van der Waals surface area contributed by atoms with Gasteiger partial charge in [-0.2, -0.15) is 13.2 Å². The predicted octanol–water partition coefficient (Wildman–Crippen LogP) is 5.17. The minimum absolute atomic E-state index is 0.0629. The van der Waals surface area contributed by atoms with Gasteiger partial charge in [0.1, 0.15) is 5.82 Å². The Kier molecular flexibility index (Phi) is 6.39. The van der Waals surface area contributed by atoms with Crippen molar-refractivity contribution in [2.45, 2.75) is 26.1 Å². The summed E-state index contributed by atoms with van der Waals surface area (Å²) in [5.74, 6) is -0.109. The highest BCUT2D eigenvalue weighted by Crippen LogP contribution is 2.29. The van der Waals surface area contributed by atoms with Crippen LogP contribution in [0, 0.1) is 0 Å². The van der Waals surface area contributed by atoms with Gasteiger partial charge in [0.2, 0.25) is 0 Å². The number of rotatable bonds is 6. The van der Waals surface area contributed by atoms with Gasteiger partial charge in [-0.3, -0.25) is 4.79 Å². The number of nitrogens with one attached hydrogen (secondary N) is 2. The molecule has 0 aliphatic carbocycles. The van der Waals surface area contributed by atoms with Gasteiger partial charge in [-0.1, -0.05) is 24.8 Å². The molecule has 1 unspecified atom stereocenters. The molecule has 0 bridgehead atoms. The van der Waals surface area contributed by atoms with E-state index in [0.717, 1.165) is 17.7 Å². The van der Waals surface area contributed by atoms with Crippen molar-refractivity contribution < 1.29 is 18.0 Å². The van der Waals surface area contributed by atoms with Crippen molar-refractivity contribution in [1.82, 2.24) is 5.32 Å². The number of hydrogen-bond acceptors (Lipinski definition) is 3. The first-order valence-corrected chi connectivity index (χ1v) is 8.23. The van der Waals surface area contributed by atoms with Gasteiger partial charge in [0.25, 0.3) is 5.91 Å². The largest absolute Gasteiger partial charge is 0.416 e. The number of hydrogen-bond donors (Lipinski definition) is 2. The van der Waals surface area contributed by atoms with E-state index >= 15 is 0 Å². The zero-order valence-electron chi connectivity index (χ0n) is 15.0. The van der Waals surface area contributed by atoms with Crippen molar-refractivity contribution in [1.29, 1.82) is 0 Å². The number of aliphatic imine (C=N–C) groups is 1. The molecule has 142 valence electrons. The molecule has 2 N–H and O–H groups in total. The molecule has 2 aromatic rings. The molecule has 2 rings (SSSR count). The maximum Gasteiger partial charge on any atom is 0.416 e. The van der Waals surface area contributed by atoms with E-state index in [4.69, 9.17) is 0 Å². The van der Waals surface area contributed by atoms with E-state index in [1.165, 1.54) is 12.1 Å². The van der Waals surface area contributed by atoms with Crippen molar-refractivity contribution in [2.75, 3.05) is 5.32 Å². The molecule has 4 nitrogen and oxygen atoms in total. The SMILES string of the molecule is C=C(/N=C\C)NC(C)c1cccc(NC(=O)c2cccc(C(F)(F)F)c2)c1. The van der Waals surface area contributed by atoms with Crippen LogP contribution in [-0.4, -0.2) is 12.1 Å². The van der Waals surface area contributed by atoms with Crippen LogP contribution in [0.2, 0.25) is 0 Å². The van der Waals surface area contributed by atoms with Crippen molar-refractivity contribution in [3.8, 4) is 0 Å². The highest BCUT2D eigenvalue weighted by Gasteiger charge is 2.30. The third-order valence-electron chi connectivity index (χ3n) is 3.76. The van der Waals surface area contributed by atoms with Gasteiger partial charge in [-0.15, -0.1) is 0 Å². The smallest absolute Gasteiger partial charge is 0.364 e. The van der Waals surface area contributed by atoms with Gasteiger partial charge in [-0.05, 0) is 49.7 Å². The molecule has 27 heavy (non-hydrogen) atoms. The van der Waals surface area contributed by atoms with Crippen LogP contribution in [0.5, 0.6) is 0 Å². The van der Waals surface area contributed by atoms with Crippen LogP contribution < -0.4 is 10.6 Å². The Labute approximate surface area is 155 Å². The van der Waals surface area contributed by atoms with E-state index in [1.807, 2.05) is 13.0 Å². The normalized spacial score (nSPS) is 12.6. The minimum Gasteiger partial charge on any atom is -0.364 e. The Morgan fingerprint density at radius 1 is 1.19 bits per heavy atom. The molecule has 0 saturated carbocycles. The summed E-state index contributed by atoms with van der Waals surface area (Å²) in [7, 11) is 0. The van der Waals surface area contributed by atoms with Crippen LogP contribution in [0.15, 0.2) is 65.9 Å². The molecule has 0 aliphatic rings. The average Bonchev–Trinajstić information content (AvgIpc) is 2.61. The number of benzene rings is 2. The molecule has 1 atom stereocenters. The Hall–Kier alpha value is -3.09. The topological polar surface area (TPSA) is 53.5 Å². The van der Waals surface area contributed by atoms with Crippen LogP contribution in [-0.2, 0) is 6.18 Å². The summed E-state index contributed by atoms with van der Waals surface area (Å²) < 4.78 is 38.4. The summed E-state index contributed by atoms with van der Waals surface area (Å²) in [6.07, 6.45) is -2.88. The number of amides is 1. The van der Waals surface area contributed by atoms with Crippen LogP contribution in [0.4, 0.5) is 18.9 Å². The van der Waals surface area contributed by atoms with E-state index in [1.54, 1.807) is 31.3 Å². The summed E-state index contributed by atoms with van der Waals surface area (Å²) in [4.78, 5) is 16.3. The molecular weight excluding hydrogens is 355 g/mol. The first kappa shape index (κ1) is 20.2. The third kappa shape index (κ3) is 5.70. The van der Waals surface area contributed by atoms with Gasteiger partial charge in [-0.25, -0.2) is 4.99 Å². The molecule has 2 aromatic carbocycles. The quantitative estimate of drug-likeness (QED) is 0.685. The van der Waals surface area contributed by atoms with Crippen LogP contribution >= 0.6 is 0 Å². The maximum absolute atomic E-state index is 12.8. The molecule has 0 aliphatic heterocycles. The summed E-state index contributed by atoms with van der Waals surface area (Å²) in [5, 5.41) is 5.73. The predicted molar refractivity (Wildman–Crippen MR) is 101 cm³/mol. The fourth-order valence-electron chi connectivity index (χ4n) is 2.45. The second kappa shape index (κ2) is 8.53. The van der Waals surface area contributed by atoms with E-state index in [-0.39, 0.29) is 11.6 Å². The number of anilines is 1. The molecule has 0 heterocycles. The molecule has 1 amide bonds. The zero-order valence-corrected chi connectivity index (χ0v) is 15.0. The minimum atomic E-state index is -4.50. The highest BCUT2D eigenvalue weighted by atomic mass is 19.4. The number of nitrogens with zero attached hydrogens (tertiary/aromatic N) is 1. The summed E-state index contributed by atoms with van der Waals surface area (Å²) >= 11 is 0. The molecule has 0 spiro atoms. The van der Waals surface area contributed by atoms with E-state index < -0.39 is 17.6 Å². The maximum atomic E-state index is 12.8. The second-order valence-electron chi connectivity index (χ2n) is 5.86. The first-order valence-electron chi connectivity index (χ1n) is 8.23. The molecule has 0 fully saturated rings. The lowest BCUT2D eigenvalue weighted by Crippen LogP contribution is -2.17. The van der Waals surface area contributed by atoms with E-state index in [9.17, 15) is 18.0 Å². The highest BCUT2D eigenvalue weighted by molar-refractivity contribution is 6.04. The second-order valence-corrected chi connectivity index (χ2v) is 5.86. The van der Waals surface area contributed by atoms with Crippen molar-refractivity contribution in [3.63, 3.8) is 0 Å².